The summed E-state index contributed by atoms with van der Waals surface area (Å²) in [5, 5.41) is 35.2. The molecule has 4 aromatic rings. The monoisotopic (exact) mass is 369 g/mol. The van der Waals surface area contributed by atoms with E-state index >= 15 is 0 Å². The fourth-order valence-electron chi connectivity index (χ4n) is 2.99. The fourth-order valence-corrected chi connectivity index (χ4v) is 2.99. The Balaban J connectivity index is 2.08. The molecule has 0 amide bonds. The molecular formula is C15H15N9O3. The number of aromatic nitrogens is 6. The summed E-state index contributed by atoms with van der Waals surface area (Å²) in [5.74, 6) is 0. The molecule has 0 saturated carbocycles. The molecule has 0 aliphatic rings. The van der Waals surface area contributed by atoms with Crippen molar-refractivity contribution >= 4 is 0 Å². The molecule has 0 fully saturated rings. The second-order valence-electron chi connectivity index (χ2n) is 5.92. The average Bonchev–Trinajstić information content (AvgIpc) is 3.25. The zero-order chi connectivity index (χ0) is 19.3. The van der Waals surface area contributed by atoms with Crippen LogP contribution < -0.4 is 46.5 Å². The first-order valence-electron chi connectivity index (χ1n) is 7.75. The van der Waals surface area contributed by atoms with Gasteiger partial charge in [-0.3, -0.25) is 32.0 Å². The van der Waals surface area contributed by atoms with Gasteiger partial charge in [-0.1, -0.05) is 0 Å². The van der Waals surface area contributed by atoms with Gasteiger partial charge in [0.05, 0.1) is 16.7 Å². The summed E-state index contributed by atoms with van der Waals surface area (Å²) in [7, 11) is 4.98. The van der Waals surface area contributed by atoms with Gasteiger partial charge in [0.25, 0.3) is 33.7 Å². The lowest BCUT2D eigenvalue weighted by Gasteiger charge is -2.04. The van der Waals surface area contributed by atoms with E-state index in [2.05, 4.69) is 15.8 Å². The van der Waals surface area contributed by atoms with Crippen molar-refractivity contribution in [1.82, 2.24) is 15.8 Å². The SMILES string of the molecule is C[n+]1[n-]oc(=N)c1-c1cc(-c2c(=N)o[n-][n+]2C)cc(-c2c(=N)o[n-][n+]2C)c1. The van der Waals surface area contributed by atoms with Crippen LogP contribution in [0.15, 0.2) is 31.8 Å². The zero-order valence-electron chi connectivity index (χ0n) is 14.6. The lowest BCUT2D eigenvalue weighted by atomic mass is 10.00. The second kappa shape index (κ2) is 5.79. The summed E-state index contributed by atoms with van der Waals surface area (Å²) in [4.78, 5) is 0. The Morgan fingerprint density at radius 2 is 0.852 bits per heavy atom. The maximum Gasteiger partial charge on any atom is 0.273 e. The second-order valence-corrected chi connectivity index (χ2v) is 5.92. The highest BCUT2D eigenvalue weighted by Crippen LogP contribution is 2.26. The minimum atomic E-state index is -0.109. The van der Waals surface area contributed by atoms with Gasteiger partial charge in [0, 0.05) is 0 Å². The Hall–Kier alpha value is -3.96. The lowest BCUT2D eigenvalue weighted by Crippen LogP contribution is -2.37. The van der Waals surface area contributed by atoms with Gasteiger partial charge >= 0.3 is 0 Å². The third-order valence-electron chi connectivity index (χ3n) is 4.13. The molecule has 3 aromatic heterocycles. The van der Waals surface area contributed by atoms with Crippen molar-refractivity contribution in [3.8, 4) is 33.8 Å². The van der Waals surface area contributed by atoms with E-state index in [4.69, 9.17) is 29.8 Å². The van der Waals surface area contributed by atoms with Crippen molar-refractivity contribution in [3.05, 3.63) is 34.9 Å². The quantitative estimate of drug-likeness (QED) is 0.331. The van der Waals surface area contributed by atoms with Gasteiger partial charge in [-0.15, -0.1) is 0 Å². The largest absolute Gasteiger partial charge is 0.487 e. The van der Waals surface area contributed by atoms with Crippen molar-refractivity contribution in [1.29, 1.82) is 16.2 Å². The van der Waals surface area contributed by atoms with E-state index in [1.807, 2.05) is 0 Å². The first-order valence-corrected chi connectivity index (χ1v) is 7.75. The summed E-state index contributed by atoms with van der Waals surface area (Å²) in [6.45, 7) is 0. The number of hydrogen-bond acceptors (Lipinski definition) is 6. The molecule has 4 rings (SSSR count). The Labute approximate surface area is 150 Å². The molecule has 0 spiro atoms. The van der Waals surface area contributed by atoms with E-state index in [1.54, 1.807) is 39.3 Å². The highest BCUT2D eigenvalue weighted by molar-refractivity contribution is 5.74. The van der Waals surface area contributed by atoms with E-state index < -0.39 is 0 Å². The zero-order valence-corrected chi connectivity index (χ0v) is 14.6. The molecule has 0 aliphatic heterocycles. The summed E-state index contributed by atoms with van der Waals surface area (Å²) >= 11 is 0. The predicted octanol–water partition coefficient (Wildman–Crippen LogP) is -2.75. The van der Waals surface area contributed by atoms with Crippen molar-refractivity contribution in [2.45, 2.75) is 0 Å². The molecular weight excluding hydrogens is 354 g/mol. The molecule has 12 heteroatoms. The number of benzene rings is 1. The van der Waals surface area contributed by atoms with Crippen molar-refractivity contribution in [2.75, 3.05) is 0 Å². The molecule has 0 bridgehead atoms. The number of aryl methyl sites for hydroxylation is 3. The van der Waals surface area contributed by atoms with Crippen LogP contribution in [0.4, 0.5) is 0 Å². The number of nitrogens with one attached hydrogen (secondary N) is 3. The van der Waals surface area contributed by atoms with Crippen LogP contribution in [0, 0.1) is 16.2 Å². The topological polar surface area (TPSA) is 165 Å². The standard InChI is InChI=1S/C15H15N9O3/c1-22-10(13(16)25-19-22)7-4-8(11-14(17)26-20-23(11)2)6-9(5-7)12-15(18)27-21-24(12)3/h4-6,16-18H,1-3H3. The first-order chi connectivity index (χ1) is 12.9. The van der Waals surface area contributed by atoms with Gasteiger partial charge in [-0.2, -0.15) is 0 Å². The molecule has 0 radical (unpaired) electrons. The predicted molar refractivity (Wildman–Crippen MR) is 80.6 cm³/mol. The van der Waals surface area contributed by atoms with Crippen LogP contribution >= 0.6 is 0 Å². The Bertz CT molecular complexity index is 1150. The maximum atomic E-state index is 7.99. The lowest BCUT2D eigenvalue weighted by molar-refractivity contribution is -0.736. The average molecular weight is 369 g/mol. The van der Waals surface area contributed by atoms with Gasteiger partial charge in [0.1, 0.15) is 21.1 Å². The minimum absolute atomic E-state index is 0.109. The van der Waals surface area contributed by atoms with E-state index in [1.165, 1.54) is 14.0 Å². The third kappa shape index (κ3) is 2.54. The Morgan fingerprint density at radius 3 is 1.04 bits per heavy atom. The number of hydrogen-bond donors (Lipinski definition) is 3. The molecule has 0 saturated heterocycles. The highest BCUT2D eigenvalue weighted by atomic mass is 16.5. The van der Waals surface area contributed by atoms with Crippen LogP contribution in [-0.2, 0) is 21.1 Å². The van der Waals surface area contributed by atoms with Gasteiger partial charge < -0.3 is 13.6 Å². The van der Waals surface area contributed by atoms with Crippen LogP contribution in [0.2, 0.25) is 0 Å². The van der Waals surface area contributed by atoms with Crippen molar-refractivity contribution < 1.29 is 27.6 Å². The van der Waals surface area contributed by atoms with E-state index in [0.717, 1.165) is 0 Å². The molecule has 0 unspecified atom stereocenters. The van der Waals surface area contributed by atoms with Gasteiger partial charge in [-0.25, -0.2) is 14.0 Å². The smallest absolute Gasteiger partial charge is 0.273 e. The molecule has 27 heavy (non-hydrogen) atoms. The molecule has 0 atom stereocenters. The summed E-state index contributed by atoms with van der Waals surface area (Å²) in [6.07, 6.45) is 0. The van der Waals surface area contributed by atoms with Gasteiger partial charge in [-0.05, 0) is 18.2 Å². The molecule has 138 valence electrons. The van der Waals surface area contributed by atoms with Crippen molar-refractivity contribution in [3.63, 3.8) is 0 Å². The molecule has 0 aliphatic carbocycles. The van der Waals surface area contributed by atoms with E-state index in [9.17, 15) is 0 Å². The normalized spacial score (nSPS) is 11.2. The Kier molecular flexibility index (Phi) is 3.54. The van der Waals surface area contributed by atoms with Gasteiger partial charge in [0.2, 0.25) is 0 Å². The van der Waals surface area contributed by atoms with Crippen LogP contribution in [-0.4, -0.2) is 0 Å². The minimum Gasteiger partial charge on any atom is -0.487 e. The maximum absolute atomic E-state index is 7.99. The Morgan fingerprint density at radius 1 is 0.593 bits per heavy atom. The van der Waals surface area contributed by atoms with E-state index in [-0.39, 0.29) is 16.7 Å². The van der Waals surface area contributed by atoms with Crippen LogP contribution in [0.1, 0.15) is 0 Å². The third-order valence-corrected chi connectivity index (χ3v) is 4.13. The van der Waals surface area contributed by atoms with Crippen LogP contribution in [0.5, 0.6) is 0 Å². The van der Waals surface area contributed by atoms with Crippen LogP contribution in [0.3, 0.4) is 0 Å². The summed E-state index contributed by atoms with van der Waals surface area (Å²) in [5.41, 5.74) is 2.82. The fraction of sp³-hybridized carbons (Fsp3) is 0.200. The molecule has 3 N–H and O–H groups in total. The molecule has 12 nitrogen and oxygen atoms in total. The van der Waals surface area contributed by atoms with E-state index in [0.29, 0.717) is 33.8 Å². The van der Waals surface area contributed by atoms with Crippen molar-refractivity contribution in [2.24, 2.45) is 21.1 Å². The van der Waals surface area contributed by atoms with Gasteiger partial charge in [0.15, 0.2) is 0 Å². The number of rotatable bonds is 3. The molecule has 3 heterocycles. The highest BCUT2D eigenvalue weighted by Gasteiger charge is 2.23. The summed E-state index contributed by atoms with van der Waals surface area (Å²) in [6, 6.07) is 5.32. The molecule has 1 aromatic carbocycles. The summed E-state index contributed by atoms with van der Waals surface area (Å²) < 4.78 is 19.1. The van der Waals surface area contributed by atoms with Crippen LogP contribution in [0.25, 0.3) is 33.8 Å². The number of nitrogens with zero attached hydrogens (tertiary/aromatic N) is 6. The first kappa shape index (κ1) is 16.5.